The molecule has 0 amide bonds. The predicted molar refractivity (Wildman–Crippen MR) is 134 cm³/mol. The molecule has 35 heavy (non-hydrogen) atoms. The van der Waals surface area contributed by atoms with Gasteiger partial charge >= 0.3 is 5.97 Å². The minimum atomic E-state index is -3.98. The molecule has 3 aromatic carbocycles. The molecule has 1 unspecified atom stereocenters. The van der Waals surface area contributed by atoms with Crippen LogP contribution in [0.3, 0.4) is 0 Å². The van der Waals surface area contributed by atoms with Crippen LogP contribution in [0.25, 0.3) is 10.9 Å². The number of aromatic amines is 1. The summed E-state index contributed by atoms with van der Waals surface area (Å²) in [6, 6.07) is 16.6. The Balaban J connectivity index is 1.62. The highest BCUT2D eigenvalue weighted by Gasteiger charge is 2.24. The average Bonchev–Trinajstić information content (AvgIpc) is 2.78. The number of aromatic nitrogens is 2. The van der Waals surface area contributed by atoms with E-state index >= 15 is 0 Å². The van der Waals surface area contributed by atoms with Crippen LogP contribution in [0.15, 0.2) is 70.4 Å². The quantitative estimate of drug-likeness (QED) is 0.382. The molecule has 0 aliphatic rings. The van der Waals surface area contributed by atoms with Crippen molar-refractivity contribution < 1.29 is 17.9 Å². The van der Waals surface area contributed by atoms with Crippen molar-refractivity contribution in [1.29, 1.82) is 0 Å². The van der Waals surface area contributed by atoms with Gasteiger partial charge in [0.25, 0.3) is 15.6 Å². The monoisotopic (exact) mass is 491 g/mol. The number of aryl methyl sites for hydroxylation is 3. The second-order valence-corrected chi connectivity index (χ2v) is 10.0. The zero-order valence-corrected chi connectivity index (χ0v) is 20.6. The van der Waals surface area contributed by atoms with Gasteiger partial charge in [-0.2, -0.15) is 0 Å². The summed E-state index contributed by atoms with van der Waals surface area (Å²) in [5.74, 6) is -0.574. The van der Waals surface area contributed by atoms with E-state index in [1.807, 2.05) is 6.92 Å². The lowest BCUT2D eigenvalue weighted by atomic mass is 10.1. The van der Waals surface area contributed by atoms with E-state index in [1.165, 1.54) is 12.1 Å². The van der Waals surface area contributed by atoms with Crippen molar-refractivity contribution >= 4 is 32.6 Å². The van der Waals surface area contributed by atoms with E-state index in [0.29, 0.717) is 22.0 Å². The maximum Gasteiger partial charge on any atom is 0.340 e. The highest BCUT2D eigenvalue weighted by Crippen LogP contribution is 2.27. The first-order chi connectivity index (χ1) is 16.6. The molecule has 1 aromatic heterocycles. The predicted octanol–water partition coefficient (Wildman–Crippen LogP) is 4.57. The molecule has 0 fully saturated rings. The van der Waals surface area contributed by atoms with E-state index in [4.69, 9.17) is 4.74 Å². The van der Waals surface area contributed by atoms with E-state index in [9.17, 15) is 18.0 Å². The van der Waals surface area contributed by atoms with Crippen molar-refractivity contribution in [2.45, 2.75) is 38.7 Å². The first-order valence-electron chi connectivity index (χ1n) is 11.0. The molecule has 4 rings (SSSR count). The smallest absolute Gasteiger partial charge is 0.340 e. The van der Waals surface area contributed by atoms with Gasteiger partial charge < -0.3 is 9.72 Å². The molecule has 1 heterocycles. The van der Waals surface area contributed by atoms with Gasteiger partial charge in [0.05, 0.1) is 27.0 Å². The second-order valence-electron chi connectivity index (χ2n) is 8.39. The van der Waals surface area contributed by atoms with E-state index in [1.54, 1.807) is 69.3 Å². The summed E-state index contributed by atoms with van der Waals surface area (Å²) in [5, 5.41) is 0.427. The Bertz CT molecular complexity index is 1590. The molecule has 0 aliphatic carbocycles. The van der Waals surface area contributed by atoms with Gasteiger partial charge in [-0.05, 0) is 63.1 Å². The highest BCUT2D eigenvalue weighted by atomic mass is 32.2. The van der Waals surface area contributed by atoms with Crippen molar-refractivity contribution in [1.82, 2.24) is 9.97 Å². The molecule has 0 bridgehead atoms. The third-order valence-electron chi connectivity index (χ3n) is 5.56. The number of hydrogen-bond acceptors (Lipinski definition) is 6. The molecule has 4 aromatic rings. The molecule has 0 saturated heterocycles. The molecule has 0 saturated carbocycles. The normalized spacial score (nSPS) is 12.3. The summed E-state index contributed by atoms with van der Waals surface area (Å²) >= 11 is 0. The maximum absolute atomic E-state index is 13.2. The van der Waals surface area contributed by atoms with Crippen LogP contribution < -0.4 is 10.3 Å². The molecular weight excluding hydrogens is 466 g/mol. The minimum absolute atomic E-state index is 0.0356. The standard InChI is InChI=1S/C26H25N3O5S/c1-15-13-16(2)23(17(3)14-15)35(32,33)29-22-12-8-6-10-20(22)26(31)34-18(4)24-27-21-11-7-5-9-19(21)25(30)28-24/h5-14,18,29H,1-4H3,(H,27,28,30). The van der Waals surface area contributed by atoms with Crippen LogP contribution in [0.4, 0.5) is 5.69 Å². The van der Waals surface area contributed by atoms with Crippen molar-refractivity contribution in [3.05, 3.63) is 99.1 Å². The minimum Gasteiger partial charge on any atom is -0.451 e. The number of rotatable bonds is 6. The Morgan fingerprint density at radius 3 is 2.34 bits per heavy atom. The van der Waals surface area contributed by atoms with Crippen molar-refractivity contribution in [3.63, 3.8) is 0 Å². The van der Waals surface area contributed by atoms with Gasteiger partial charge in [0, 0.05) is 0 Å². The summed E-state index contributed by atoms with van der Waals surface area (Å²) in [4.78, 5) is 32.6. The zero-order chi connectivity index (χ0) is 25.3. The number of H-pyrrole nitrogens is 1. The number of nitrogens with one attached hydrogen (secondary N) is 2. The SMILES string of the molecule is Cc1cc(C)c(S(=O)(=O)Nc2ccccc2C(=O)OC(C)c2nc3ccccc3c(=O)[nH]2)c(C)c1. The molecule has 0 spiro atoms. The molecule has 0 radical (unpaired) electrons. The number of carbonyl (C=O) groups is 1. The largest absolute Gasteiger partial charge is 0.451 e. The Labute approximate surface area is 203 Å². The maximum atomic E-state index is 13.2. The molecule has 0 aliphatic heterocycles. The summed E-state index contributed by atoms with van der Waals surface area (Å²) < 4.78 is 34.5. The fraction of sp³-hybridized carbons (Fsp3) is 0.192. The van der Waals surface area contributed by atoms with E-state index in [2.05, 4.69) is 14.7 Å². The molecule has 8 nitrogen and oxygen atoms in total. The summed E-state index contributed by atoms with van der Waals surface area (Å²) in [6.07, 6.45) is -0.883. The third kappa shape index (κ3) is 4.95. The van der Waals surface area contributed by atoms with Crippen molar-refractivity contribution in [2.75, 3.05) is 4.72 Å². The van der Waals surface area contributed by atoms with Crippen LogP contribution in [0.1, 0.15) is 45.9 Å². The summed E-state index contributed by atoms with van der Waals surface area (Å²) in [5.41, 5.74) is 2.43. The number of benzene rings is 3. The van der Waals surface area contributed by atoms with Crippen LogP contribution in [0, 0.1) is 20.8 Å². The fourth-order valence-corrected chi connectivity index (χ4v) is 5.65. The van der Waals surface area contributed by atoms with Gasteiger partial charge in [0.15, 0.2) is 11.9 Å². The number of sulfonamides is 1. The van der Waals surface area contributed by atoms with Gasteiger partial charge in [-0.1, -0.05) is 42.0 Å². The van der Waals surface area contributed by atoms with Crippen LogP contribution >= 0.6 is 0 Å². The van der Waals surface area contributed by atoms with Crippen LogP contribution in [0.5, 0.6) is 0 Å². The Morgan fingerprint density at radius 1 is 1.00 bits per heavy atom. The molecular formula is C26H25N3O5S. The van der Waals surface area contributed by atoms with Gasteiger partial charge in [0.1, 0.15) is 0 Å². The number of carbonyl (C=O) groups excluding carboxylic acids is 1. The molecule has 180 valence electrons. The van der Waals surface area contributed by atoms with E-state index < -0.39 is 22.1 Å². The Morgan fingerprint density at radius 2 is 1.63 bits per heavy atom. The Kier molecular flexibility index (Phi) is 6.45. The van der Waals surface area contributed by atoms with E-state index in [-0.39, 0.29) is 27.5 Å². The molecule has 9 heteroatoms. The lowest BCUT2D eigenvalue weighted by Gasteiger charge is -2.17. The van der Waals surface area contributed by atoms with Crippen LogP contribution in [-0.2, 0) is 14.8 Å². The summed E-state index contributed by atoms with van der Waals surface area (Å²) in [7, 11) is -3.98. The zero-order valence-electron chi connectivity index (χ0n) is 19.7. The van der Waals surface area contributed by atoms with Crippen molar-refractivity contribution in [2.24, 2.45) is 0 Å². The summed E-state index contributed by atoms with van der Waals surface area (Å²) in [6.45, 7) is 6.94. The van der Waals surface area contributed by atoms with Gasteiger partial charge in [-0.25, -0.2) is 18.2 Å². The lowest BCUT2D eigenvalue weighted by molar-refractivity contribution is 0.0321. The topological polar surface area (TPSA) is 118 Å². The third-order valence-corrected chi connectivity index (χ3v) is 7.23. The van der Waals surface area contributed by atoms with Crippen molar-refractivity contribution in [3.8, 4) is 0 Å². The number of esters is 1. The first-order valence-corrected chi connectivity index (χ1v) is 12.4. The van der Waals surface area contributed by atoms with Gasteiger partial charge in [-0.15, -0.1) is 0 Å². The first kappa shape index (κ1) is 24.2. The average molecular weight is 492 g/mol. The fourth-order valence-electron chi connectivity index (χ4n) is 4.11. The number of hydrogen-bond donors (Lipinski definition) is 2. The van der Waals surface area contributed by atoms with Gasteiger partial charge in [0.2, 0.25) is 0 Å². The van der Waals surface area contributed by atoms with Gasteiger partial charge in [-0.3, -0.25) is 9.52 Å². The number of para-hydroxylation sites is 2. The highest BCUT2D eigenvalue weighted by molar-refractivity contribution is 7.92. The molecule has 1 atom stereocenters. The Hall–Kier alpha value is -3.98. The second kappa shape index (κ2) is 9.34. The van der Waals surface area contributed by atoms with Crippen LogP contribution in [0.2, 0.25) is 0 Å². The number of nitrogens with zero attached hydrogens (tertiary/aromatic N) is 1. The number of anilines is 1. The van der Waals surface area contributed by atoms with Crippen LogP contribution in [-0.4, -0.2) is 24.4 Å². The molecule has 2 N–H and O–H groups in total. The number of fused-ring (bicyclic) bond motifs is 1. The lowest BCUT2D eigenvalue weighted by Crippen LogP contribution is -2.20. The van der Waals surface area contributed by atoms with E-state index in [0.717, 1.165) is 5.56 Å². The number of ether oxygens (including phenoxy) is 1.